The first-order chi connectivity index (χ1) is 13.3. The van der Waals surface area contributed by atoms with Crippen molar-refractivity contribution in [1.82, 2.24) is 19.8 Å². The van der Waals surface area contributed by atoms with Gasteiger partial charge >= 0.3 is 0 Å². The second-order valence-corrected chi connectivity index (χ2v) is 6.97. The van der Waals surface area contributed by atoms with E-state index in [1.54, 1.807) is 0 Å². The SMILES string of the molecule is OCCCN1C(=S)N[C@H](c2ccccn2)[C@H]1c1ccn(-c2ccccc2)c1. The normalized spacial score (nSPS) is 19.3. The van der Waals surface area contributed by atoms with E-state index in [2.05, 4.69) is 50.4 Å². The van der Waals surface area contributed by atoms with Crippen molar-refractivity contribution in [1.29, 1.82) is 0 Å². The Bertz CT molecular complexity index is 897. The van der Waals surface area contributed by atoms with Gasteiger partial charge in [-0.1, -0.05) is 24.3 Å². The molecule has 1 saturated heterocycles. The number of hydrogen-bond donors (Lipinski definition) is 2. The first-order valence-corrected chi connectivity index (χ1v) is 9.51. The van der Waals surface area contributed by atoms with E-state index in [0.717, 1.165) is 11.4 Å². The van der Waals surface area contributed by atoms with Crippen LogP contribution in [-0.4, -0.2) is 37.8 Å². The minimum Gasteiger partial charge on any atom is -0.396 e. The largest absolute Gasteiger partial charge is 0.396 e. The Hall–Kier alpha value is -2.70. The fourth-order valence-corrected chi connectivity index (χ4v) is 3.93. The maximum Gasteiger partial charge on any atom is 0.170 e. The van der Waals surface area contributed by atoms with Gasteiger partial charge in [-0.3, -0.25) is 4.98 Å². The molecule has 2 aromatic heterocycles. The predicted molar refractivity (Wildman–Crippen MR) is 110 cm³/mol. The van der Waals surface area contributed by atoms with Gasteiger partial charge in [-0.15, -0.1) is 0 Å². The van der Waals surface area contributed by atoms with E-state index in [0.29, 0.717) is 18.1 Å². The maximum atomic E-state index is 9.30. The summed E-state index contributed by atoms with van der Waals surface area (Å²) < 4.78 is 2.12. The molecule has 138 valence electrons. The van der Waals surface area contributed by atoms with Gasteiger partial charge in [0.25, 0.3) is 0 Å². The van der Waals surface area contributed by atoms with Gasteiger partial charge in [0.05, 0.1) is 17.8 Å². The Morgan fingerprint density at radius 2 is 1.89 bits per heavy atom. The highest BCUT2D eigenvalue weighted by Crippen LogP contribution is 2.38. The molecule has 5 nitrogen and oxygen atoms in total. The number of pyridine rings is 1. The van der Waals surface area contributed by atoms with Crippen molar-refractivity contribution in [3.63, 3.8) is 0 Å². The highest BCUT2D eigenvalue weighted by Gasteiger charge is 2.39. The number of thiocarbonyl (C=S) groups is 1. The molecule has 3 heterocycles. The molecular formula is C21H22N4OS. The second-order valence-electron chi connectivity index (χ2n) is 6.58. The van der Waals surface area contributed by atoms with Gasteiger partial charge in [0, 0.05) is 37.4 Å². The van der Waals surface area contributed by atoms with Crippen LogP contribution in [0, 0.1) is 0 Å². The molecule has 0 amide bonds. The van der Waals surface area contributed by atoms with Crippen molar-refractivity contribution < 1.29 is 5.11 Å². The van der Waals surface area contributed by atoms with E-state index in [1.165, 1.54) is 5.56 Å². The summed E-state index contributed by atoms with van der Waals surface area (Å²) in [5, 5.41) is 13.4. The van der Waals surface area contributed by atoms with E-state index < -0.39 is 0 Å². The first kappa shape index (κ1) is 17.7. The molecule has 0 spiro atoms. The molecule has 2 atom stereocenters. The third-order valence-electron chi connectivity index (χ3n) is 4.87. The van der Waals surface area contributed by atoms with Crippen molar-refractivity contribution >= 4 is 17.3 Å². The van der Waals surface area contributed by atoms with Crippen LogP contribution in [0.4, 0.5) is 0 Å². The number of nitrogens with one attached hydrogen (secondary N) is 1. The lowest BCUT2D eigenvalue weighted by Crippen LogP contribution is -2.31. The Labute approximate surface area is 164 Å². The zero-order valence-electron chi connectivity index (χ0n) is 14.9. The van der Waals surface area contributed by atoms with Gasteiger partial charge in [-0.05, 0) is 54.5 Å². The summed E-state index contributed by atoms with van der Waals surface area (Å²) in [6, 6.07) is 18.3. The third-order valence-corrected chi connectivity index (χ3v) is 5.22. The van der Waals surface area contributed by atoms with Gasteiger partial charge in [0.1, 0.15) is 0 Å². The minimum absolute atomic E-state index is 0.0241. The van der Waals surface area contributed by atoms with E-state index in [-0.39, 0.29) is 18.7 Å². The topological polar surface area (TPSA) is 53.3 Å². The summed E-state index contributed by atoms with van der Waals surface area (Å²) >= 11 is 5.61. The molecule has 0 saturated carbocycles. The highest BCUT2D eigenvalue weighted by atomic mass is 32.1. The molecule has 0 bridgehead atoms. The summed E-state index contributed by atoms with van der Waals surface area (Å²) in [7, 11) is 0. The van der Waals surface area contributed by atoms with Crippen LogP contribution >= 0.6 is 12.2 Å². The number of hydrogen-bond acceptors (Lipinski definition) is 3. The lowest BCUT2D eigenvalue weighted by Gasteiger charge is -2.27. The smallest absolute Gasteiger partial charge is 0.170 e. The van der Waals surface area contributed by atoms with Crippen molar-refractivity contribution in [2.45, 2.75) is 18.5 Å². The van der Waals surface area contributed by atoms with Crippen LogP contribution in [0.15, 0.2) is 73.2 Å². The second kappa shape index (κ2) is 7.90. The van der Waals surface area contributed by atoms with Crippen LogP contribution < -0.4 is 5.32 Å². The third kappa shape index (κ3) is 3.59. The molecule has 2 N–H and O–H groups in total. The standard InChI is InChI=1S/C21H22N4OS/c26-14-6-12-25-20(19(23-21(25)27)18-9-4-5-11-22-18)16-10-13-24(15-16)17-7-2-1-3-8-17/h1-5,7-11,13,15,19-20,26H,6,12,14H2,(H,23,27)/t19-,20-/m1/s1. The Morgan fingerprint density at radius 3 is 2.63 bits per heavy atom. The van der Waals surface area contributed by atoms with E-state index in [9.17, 15) is 5.11 Å². The fraction of sp³-hybridized carbons (Fsp3) is 0.238. The maximum absolute atomic E-state index is 9.30. The number of benzene rings is 1. The summed E-state index contributed by atoms with van der Waals surface area (Å²) in [5.41, 5.74) is 3.25. The van der Waals surface area contributed by atoms with Crippen LogP contribution in [0.3, 0.4) is 0 Å². The lowest BCUT2D eigenvalue weighted by molar-refractivity contribution is 0.247. The predicted octanol–water partition coefficient (Wildman–Crippen LogP) is 3.23. The van der Waals surface area contributed by atoms with Gasteiger partial charge in [0.15, 0.2) is 5.11 Å². The van der Waals surface area contributed by atoms with E-state index >= 15 is 0 Å². The van der Waals surface area contributed by atoms with Gasteiger partial charge in [-0.25, -0.2) is 0 Å². The van der Waals surface area contributed by atoms with Crippen LogP contribution in [0.5, 0.6) is 0 Å². The van der Waals surface area contributed by atoms with Crippen LogP contribution in [0.25, 0.3) is 5.69 Å². The summed E-state index contributed by atoms with van der Waals surface area (Å²) in [5.74, 6) is 0. The molecule has 4 rings (SSSR count). The molecule has 0 unspecified atom stereocenters. The Morgan fingerprint density at radius 1 is 1.07 bits per heavy atom. The average molecular weight is 379 g/mol. The first-order valence-electron chi connectivity index (χ1n) is 9.10. The van der Waals surface area contributed by atoms with Crippen LogP contribution in [0.1, 0.15) is 29.8 Å². The molecule has 1 aliphatic rings. The fourth-order valence-electron chi connectivity index (χ4n) is 3.60. The Kier molecular flexibility index (Phi) is 5.18. The summed E-state index contributed by atoms with van der Waals surface area (Å²) in [6.07, 6.45) is 6.71. The summed E-state index contributed by atoms with van der Waals surface area (Å²) in [6.45, 7) is 0.845. The number of nitrogens with zero attached hydrogens (tertiary/aromatic N) is 3. The lowest BCUT2D eigenvalue weighted by atomic mass is 9.99. The minimum atomic E-state index is -0.0241. The number of rotatable bonds is 6. The molecular weight excluding hydrogens is 356 g/mol. The highest BCUT2D eigenvalue weighted by molar-refractivity contribution is 7.80. The molecule has 1 fully saturated rings. The molecule has 0 aliphatic carbocycles. The van der Waals surface area contributed by atoms with Crippen molar-refractivity contribution in [3.8, 4) is 5.69 Å². The number of aliphatic hydroxyl groups is 1. The number of para-hydroxylation sites is 1. The van der Waals surface area contributed by atoms with Crippen molar-refractivity contribution in [2.75, 3.05) is 13.2 Å². The van der Waals surface area contributed by atoms with Crippen LogP contribution in [0.2, 0.25) is 0 Å². The van der Waals surface area contributed by atoms with Crippen molar-refractivity contribution in [2.24, 2.45) is 0 Å². The average Bonchev–Trinajstić information content (AvgIpc) is 3.32. The molecule has 1 aliphatic heterocycles. The quantitative estimate of drug-likeness (QED) is 0.645. The number of aromatic nitrogens is 2. The molecule has 1 aromatic carbocycles. The molecule has 3 aromatic rings. The number of aliphatic hydroxyl groups excluding tert-OH is 1. The molecule has 27 heavy (non-hydrogen) atoms. The van der Waals surface area contributed by atoms with Crippen molar-refractivity contribution in [3.05, 3.63) is 84.4 Å². The van der Waals surface area contributed by atoms with E-state index in [4.69, 9.17) is 12.2 Å². The zero-order valence-corrected chi connectivity index (χ0v) is 15.7. The van der Waals surface area contributed by atoms with Gasteiger partial charge in [-0.2, -0.15) is 0 Å². The zero-order chi connectivity index (χ0) is 18.6. The monoisotopic (exact) mass is 378 g/mol. The molecule has 0 radical (unpaired) electrons. The van der Waals surface area contributed by atoms with Crippen LogP contribution in [-0.2, 0) is 0 Å². The van der Waals surface area contributed by atoms with Gasteiger partial charge in [0.2, 0.25) is 0 Å². The summed E-state index contributed by atoms with van der Waals surface area (Å²) in [4.78, 5) is 6.71. The molecule has 6 heteroatoms. The Balaban J connectivity index is 1.70. The van der Waals surface area contributed by atoms with E-state index in [1.807, 2.05) is 42.6 Å². The van der Waals surface area contributed by atoms with Gasteiger partial charge < -0.3 is 19.9 Å².